The Kier molecular flexibility index (Phi) is 23.5. The first kappa shape index (κ1) is 62.2. The third kappa shape index (κ3) is 15.5. The molecule has 0 saturated carbocycles. The van der Waals surface area contributed by atoms with E-state index in [4.69, 9.17) is 14.2 Å². The molecule has 0 aliphatic carbocycles. The van der Waals surface area contributed by atoms with E-state index in [-0.39, 0.29) is 5.57 Å². The number of rotatable bonds is 36. The Morgan fingerprint density at radius 1 is 0.524 bits per heavy atom. The molecule has 0 spiro atoms. The number of hydrogen-bond donors (Lipinski definition) is 1. The van der Waals surface area contributed by atoms with Crippen molar-refractivity contribution in [1.82, 2.24) is 4.57 Å². The first-order chi connectivity index (χ1) is 41.3. The molecule has 4 aromatic carbocycles. The molecule has 12 heteroatoms. The van der Waals surface area contributed by atoms with Crippen LogP contribution in [0.15, 0.2) is 115 Å². The van der Waals surface area contributed by atoms with Gasteiger partial charge in [0.05, 0.1) is 49.7 Å². The Bertz CT molecular complexity index is 3510. The molecule has 8 nitrogen and oxygen atoms in total. The van der Waals surface area contributed by atoms with E-state index in [2.05, 4.69) is 153 Å². The van der Waals surface area contributed by atoms with E-state index in [0.717, 1.165) is 121 Å². The molecule has 0 amide bonds. The highest BCUT2D eigenvalue weighted by Crippen LogP contribution is 2.54. The minimum atomic E-state index is -1.20. The highest BCUT2D eigenvalue weighted by molar-refractivity contribution is 7.37. The summed E-state index contributed by atoms with van der Waals surface area (Å²) in [4.78, 5) is 18.8. The van der Waals surface area contributed by atoms with Crippen LogP contribution in [0.4, 0.5) is 17.1 Å². The van der Waals surface area contributed by atoms with Crippen LogP contribution in [-0.2, 0) is 17.6 Å². The van der Waals surface area contributed by atoms with E-state index in [1.165, 1.54) is 146 Å². The Labute approximate surface area is 515 Å². The fraction of sp³-hybridized carbons (Fsp3) is 0.417. The first-order valence-electron chi connectivity index (χ1n) is 31.4. The third-order valence-electron chi connectivity index (χ3n) is 15.7. The molecule has 0 atom stereocenters. The van der Waals surface area contributed by atoms with Crippen LogP contribution in [0.5, 0.6) is 17.2 Å². The Morgan fingerprint density at radius 2 is 1.00 bits per heavy atom. The number of aryl methyl sites for hydroxylation is 2. The van der Waals surface area contributed by atoms with Gasteiger partial charge in [-0.25, -0.2) is 4.79 Å². The van der Waals surface area contributed by atoms with Crippen LogP contribution in [0.2, 0.25) is 0 Å². The van der Waals surface area contributed by atoms with Crippen LogP contribution in [-0.4, -0.2) is 35.5 Å². The number of hydrogen-bond acceptors (Lipinski definition) is 10. The van der Waals surface area contributed by atoms with Crippen LogP contribution in [0.1, 0.15) is 179 Å². The van der Waals surface area contributed by atoms with Gasteiger partial charge in [-0.05, 0) is 165 Å². The van der Waals surface area contributed by atoms with Gasteiger partial charge in [0.15, 0.2) is 0 Å². The molecule has 0 aliphatic heterocycles. The number of ether oxygens (including phenoxy) is 3. The average molecular weight is 1200 g/mol. The van der Waals surface area contributed by atoms with Gasteiger partial charge in [-0.3, -0.25) is 0 Å². The van der Waals surface area contributed by atoms with Gasteiger partial charge in [-0.2, -0.15) is 5.26 Å². The normalized spacial score (nSPS) is 11.8. The molecule has 0 saturated heterocycles. The molecule has 9 rings (SSSR count). The predicted molar refractivity (Wildman–Crippen MR) is 361 cm³/mol. The number of benzene rings is 4. The Balaban J connectivity index is 1.13. The molecule has 0 unspecified atom stereocenters. The van der Waals surface area contributed by atoms with E-state index in [0.29, 0.717) is 6.61 Å². The summed E-state index contributed by atoms with van der Waals surface area (Å²) in [6.45, 7) is 13.4. The maximum Gasteiger partial charge on any atom is 0.346 e. The zero-order valence-electron chi connectivity index (χ0n) is 50.2. The standard InChI is InChI=1S/C72H85N3O5S4/c1-6-11-16-21-26-52-47-61(48-53(50-73)72(76)77)81-67(52)64-49-63-69(82-64)71-65(75(63)57-36-42-60(43-37-57)80-46-25-20-15-10-5)70-68(84-71)62(27-22-17-12-7-2)66(83-70)51-28-30-54(31-29-51)74(55-32-38-58(39-33-55)78-44-23-18-13-8-3)56-34-40-59(41-35-56)79-45-24-19-14-9-4/h28-43,47-49H,6-27,44-46H2,1-5H3,(H,76,77)/b53-48+. The summed E-state index contributed by atoms with van der Waals surface area (Å²) >= 11 is 7.32. The van der Waals surface area contributed by atoms with E-state index in [1.54, 1.807) is 11.3 Å². The molecule has 5 aromatic heterocycles. The van der Waals surface area contributed by atoms with Crippen molar-refractivity contribution < 1.29 is 24.1 Å². The molecule has 1 N–H and O–H groups in total. The quantitative estimate of drug-likeness (QED) is 0.0237. The fourth-order valence-electron chi connectivity index (χ4n) is 11.1. The number of fused-ring (bicyclic) bond motifs is 5. The summed E-state index contributed by atoms with van der Waals surface area (Å²) in [5.41, 5.74) is 10.3. The maximum atomic E-state index is 12.0. The number of anilines is 3. The van der Waals surface area contributed by atoms with Crippen LogP contribution < -0.4 is 19.1 Å². The molecule has 0 radical (unpaired) electrons. The summed E-state index contributed by atoms with van der Waals surface area (Å²) in [5, 5.41) is 19.6. The first-order valence-corrected chi connectivity index (χ1v) is 34.6. The van der Waals surface area contributed by atoms with Gasteiger partial charge in [0.2, 0.25) is 0 Å². The second-order valence-corrected chi connectivity index (χ2v) is 26.4. The summed E-state index contributed by atoms with van der Waals surface area (Å²) in [7, 11) is 0. The van der Waals surface area contributed by atoms with E-state index in [1.807, 2.05) is 40.1 Å². The summed E-state index contributed by atoms with van der Waals surface area (Å²) in [6.07, 6.45) is 26.7. The highest BCUT2D eigenvalue weighted by Gasteiger charge is 2.27. The van der Waals surface area contributed by atoms with Crippen molar-refractivity contribution in [2.24, 2.45) is 0 Å². The number of carboxylic acid groups (broad SMARTS) is 1. The Morgan fingerprint density at radius 3 is 1.50 bits per heavy atom. The number of aromatic nitrogens is 1. The second-order valence-electron chi connectivity index (χ2n) is 22.2. The van der Waals surface area contributed by atoms with Gasteiger partial charge in [-0.1, -0.05) is 143 Å². The molecule has 0 fully saturated rings. The van der Waals surface area contributed by atoms with Crippen molar-refractivity contribution in [3.63, 3.8) is 0 Å². The molecule has 0 aliphatic rings. The van der Waals surface area contributed by atoms with Crippen LogP contribution in [0.25, 0.3) is 61.8 Å². The number of thiophene rings is 4. The summed E-state index contributed by atoms with van der Waals surface area (Å²) < 4.78 is 26.5. The van der Waals surface area contributed by atoms with Crippen molar-refractivity contribution in [3.05, 3.63) is 131 Å². The van der Waals surface area contributed by atoms with Gasteiger partial charge in [-0.15, -0.1) is 45.3 Å². The van der Waals surface area contributed by atoms with Crippen molar-refractivity contribution in [2.45, 2.75) is 176 Å². The summed E-state index contributed by atoms with van der Waals surface area (Å²) in [5.74, 6) is 1.46. The molecular formula is C72H85N3O5S4. The van der Waals surface area contributed by atoms with Gasteiger partial charge < -0.3 is 28.8 Å². The number of unbranched alkanes of at least 4 members (excludes halogenated alkanes) is 15. The Hall–Kier alpha value is -6.36. The van der Waals surface area contributed by atoms with Crippen LogP contribution in [0.3, 0.4) is 0 Å². The third-order valence-corrected chi connectivity index (χ3v) is 21.0. The molecule has 0 bridgehead atoms. The van der Waals surface area contributed by atoms with Gasteiger partial charge in [0.25, 0.3) is 0 Å². The molecular weight excluding hydrogens is 1120 g/mol. The lowest BCUT2D eigenvalue weighted by Crippen LogP contribution is -2.10. The van der Waals surface area contributed by atoms with E-state index >= 15 is 0 Å². The van der Waals surface area contributed by atoms with Crippen molar-refractivity contribution >= 4 is 104 Å². The molecule has 84 heavy (non-hydrogen) atoms. The van der Waals surface area contributed by atoms with Crippen LogP contribution in [0, 0.1) is 11.3 Å². The lowest BCUT2D eigenvalue weighted by atomic mass is 10.0. The predicted octanol–water partition coefficient (Wildman–Crippen LogP) is 23.1. The van der Waals surface area contributed by atoms with Gasteiger partial charge in [0.1, 0.15) is 28.9 Å². The zero-order valence-corrected chi connectivity index (χ0v) is 53.5. The van der Waals surface area contributed by atoms with Gasteiger partial charge >= 0.3 is 5.97 Å². The number of nitrogens with zero attached hydrogens (tertiary/aromatic N) is 3. The van der Waals surface area contributed by atoms with E-state index < -0.39 is 5.97 Å². The summed E-state index contributed by atoms with van der Waals surface area (Å²) in [6, 6.07) is 41.4. The monoisotopic (exact) mass is 1200 g/mol. The lowest BCUT2D eigenvalue weighted by Gasteiger charge is -2.26. The van der Waals surface area contributed by atoms with Crippen molar-refractivity contribution in [2.75, 3.05) is 24.7 Å². The topological polar surface area (TPSA) is 97.0 Å². The molecule has 9 aromatic rings. The SMILES string of the molecule is CCCCCCOc1ccc(N(c2ccc(OCCCCCC)cc2)c2ccc(-c3sc4c(sc5c6sc(-c7sc(/C=C(\C#N)C(=O)O)cc7CCCCCC)cc6n(-c6ccc(OCCCCCC)cc6)c45)c3CCCCCC)cc2)cc1. The largest absolute Gasteiger partial charge is 0.494 e. The average Bonchev–Trinajstić information content (AvgIpc) is 1.79. The molecule has 442 valence electrons. The fourth-order valence-corrected chi connectivity index (χ4v) is 16.6. The number of aliphatic carboxylic acids is 1. The number of nitriles is 1. The van der Waals surface area contributed by atoms with Crippen LogP contribution >= 0.6 is 45.3 Å². The lowest BCUT2D eigenvalue weighted by molar-refractivity contribution is -0.132. The number of carbonyl (C=O) groups is 1. The van der Waals surface area contributed by atoms with E-state index in [9.17, 15) is 15.2 Å². The van der Waals surface area contributed by atoms with Crippen molar-refractivity contribution in [3.8, 4) is 49.2 Å². The van der Waals surface area contributed by atoms with Gasteiger partial charge in [0, 0.05) is 42.3 Å². The maximum absolute atomic E-state index is 12.0. The minimum Gasteiger partial charge on any atom is -0.494 e. The zero-order chi connectivity index (χ0) is 58.6. The smallest absolute Gasteiger partial charge is 0.346 e. The van der Waals surface area contributed by atoms with Crippen molar-refractivity contribution in [1.29, 1.82) is 5.26 Å². The second kappa shape index (κ2) is 31.7. The number of carboxylic acids is 1. The highest BCUT2D eigenvalue weighted by atomic mass is 32.1. The minimum absolute atomic E-state index is 0.250. The molecule has 5 heterocycles.